The minimum Gasteiger partial charge on any atom is -0.345 e. The van der Waals surface area contributed by atoms with E-state index < -0.39 is 0 Å². The Morgan fingerprint density at radius 1 is 1.08 bits per heavy atom. The molecule has 1 N–H and O–H groups in total. The minimum atomic E-state index is -0.0243. The Kier molecular flexibility index (Phi) is 3.87. The fourth-order valence-corrected chi connectivity index (χ4v) is 3.33. The number of carbonyl (C=O) groups is 1. The summed E-state index contributed by atoms with van der Waals surface area (Å²) in [6.45, 7) is 0. The number of nitrogens with zero attached hydrogens (tertiary/aromatic N) is 2. The maximum absolute atomic E-state index is 12.6. The van der Waals surface area contributed by atoms with Crippen LogP contribution in [0.15, 0.2) is 67.0 Å². The second kappa shape index (κ2) is 6.32. The molecule has 4 heteroatoms. The van der Waals surface area contributed by atoms with Crippen LogP contribution >= 0.6 is 0 Å². The average molecular weight is 317 g/mol. The molecule has 0 saturated heterocycles. The smallest absolute Gasteiger partial charge is 0.251 e. The van der Waals surface area contributed by atoms with Crippen molar-refractivity contribution in [3.63, 3.8) is 0 Å². The molecule has 1 aliphatic rings. The minimum absolute atomic E-state index is 0.0243. The topological polar surface area (TPSA) is 46.9 Å². The molecule has 0 spiro atoms. The zero-order valence-electron chi connectivity index (χ0n) is 13.4. The molecule has 0 saturated carbocycles. The van der Waals surface area contributed by atoms with Crippen LogP contribution in [0.25, 0.3) is 5.69 Å². The van der Waals surface area contributed by atoms with Crippen molar-refractivity contribution in [3.8, 4) is 5.69 Å². The Labute approximate surface area is 141 Å². The van der Waals surface area contributed by atoms with Crippen LogP contribution in [0.5, 0.6) is 0 Å². The summed E-state index contributed by atoms with van der Waals surface area (Å²) in [4.78, 5) is 12.6. The molecule has 0 bridgehead atoms. The molecule has 24 heavy (non-hydrogen) atoms. The van der Waals surface area contributed by atoms with Crippen LogP contribution < -0.4 is 5.32 Å². The Bertz CT molecular complexity index is 838. The van der Waals surface area contributed by atoms with Crippen LogP contribution in [0.1, 0.15) is 40.4 Å². The molecule has 1 aliphatic carbocycles. The van der Waals surface area contributed by atoms with Gasteiger partial charge in [-0.25, -0.2) is 4.68 Å². The number of nitrogens with one attached hydrogen (secondary N) is 1. The van der Waals surface area contributed by atoms with E-state index in [1.54, 1.807) is 10.9 Å². The molecule has 2 aromatic carbocycles. The second-order valence-electron chi connectivity index (χ2n) is 6.11. The van der Waals surface area contributed by atoms with E-state index in [4.69, 9.17) is 0 Å². The fourth-order valence-electron chi connectivity index (χ4n) is 3.33. The van der Waals surface area contributed by atoms with Gasteiger partial charge in [0.25, 0.3) is 5.91 Å². The predicted molar refractivity (Wildman–Crippen MR) is 93.2 cm³/mol. The molecule has 1 aromatic heterocycles. The maximum Gasteiger partial charge on any atom is 0.251 e. The van der Waals surface area contributed by atoms with E-state index >= 15 is 0 Å². The van der Waals surface area contributed by atoms with Gasteiger partial charge >= 0.3 is 0 Å². The Balaban J connectivity index is 1.51. The molecule has 0 radical (unpaired) electrons. The molecule has 120 valence electrons. The Hall–Kier alpha value is -2.88. The lowest BCUT2D eigenvalue weighted by molar-refractivity contribution is 0.0933. The van der Waals surface area contributed by atoms with Crippen molar-refractivity contribution in [2.45, 2.75) is 25.3 Å². The molecule has 1 atom stereocenters. The predicted octanol–water partition coefficient (Wildman–Crippen LogP) is 3.68. The zero-order chi connectivity index (χ0) is 16.4. The Morgan fingerprint density at radius 3 is 2.71 bits per heavy atom. The third kappa shape index (κ3) is 2.83. The summed E-state index contributed by atoms with van der Waals surface area (Å²) in [5.74, 6) is -0.0243. The van der Waals surface area contributed by atoms with Crippen LogP contribution in [0.2, 0.25) is 0 Å². The van der Waals surface area contributed by atoms with E-state index in [0.717, 1.165) is 24.9 Å². The third-order valence-corrected chi connectivity index (χ3v) is 4.57. The van der Waals surface area contributed by atoms with Gasteiger partial charge in [-0.1, -0.05) is 24.3 Å². The largest absolute Gasteiger partial charge is 0.345 e. The number of aryl methyl sites for hydroxylation is 1. The number of hydrogen-bond donors (Lipinski definition) is 1. The summed E-state index contributed by atoms with van der Waals surface area (Å²) in [6, 6.07) is 17.9. The van der Waals surface area contributed by atoms with E-state index in [0.29, 0.717) is 5.56 Å². The van der Waals surface area contributed by atoms with Crippen molar-refractivity contribution in [3.05, 3.63) is 83.7 Å². The van der Waals surface area contributed by atoms with Crippen LogP contribution in [0.4, 0.5) is 0 Å². The number of aromatic nitrogens is 2. The van der Waals surface area contributed by atoms with Gasteiger partial charge in [-0.2, -0.15) is 5.10 Å². The third-order valence-electron chi connectivity index (χ3n) is 4.57. The standard InChI is InChI=1S/C20H19N3O/c24-20(16-9-11-17(12-10-16)23-14-4-13-21-23)22-19-8-3-6-15-5-1-2-7-18(15)19/h1-2,4-5,7,9-14,19H,3,6,8H2,(H,22,24)/t19-/m0/s1. The molecule has 4 rings (SSSR count). The highest BCUT2D eigenvalue weighted by Crippen LogP contribution is 2.29. The number of benzene rings is 2. The van der Waals surface area contributed by atoms with Crippen molar-refractivity contribution >= 4 is 5.91 Å². The van der Waals surface area contributed by atoms with Crippen molar-refractivity contribution in [2.24, 2.45) is 0 Å². The number of rotatable bonds is 3. The van der Waals surface area contributed by atoms with E-state index in [-0.39, 0.29) is 11.9 Å². The van der Waals surface area contributed by atoms with Gasteiger partial charge in [0.1, 0.15) is 0 Å². The highest BCUT2D eigenvalue weighted by atomic mass is 16.1. The highest BCUT2D eigenvalue weighted by molar-refractivity contribution is 5.94. The summed E-state index contributed by atoms with van der Waals surface area (Å²) in [7, 11) is 0. The molecule has 0 fully saturated rings. The fraction of sp³-hybridized carbons (Fsp3) is 0.200. The van der Waals surface area contributed by atoms with Crippen molar-refractivity contribution in [2.75, 3.05) is 0 Å². The quantitative estimate of drug-likeness (QED) is 0.801. The van der Waals surface area contributed by atoms with Crippen LogP contribution in [-0.2, 0) is 6.42 Å². The Morgan fingerprint density at radius 2 is 1.92 bits per heavy atom. The van der Waals surface area contributed by atoms with E-state index in [2.05, 4.69) is 28.6 Å². The van der Waals surface area contributed by atoms with Crippen molar-refractivity contribution < 1.29 is 4.79 Å². The van der Waals surface area contributed by atoms with E-state index in [1.807, 2.05) is 42.6 Å². The summed E-state index contributed by atoms with van der Waals surface area (Å²) < 4.78 is 1.78. The monoisotopic (exact) mass is 317 g/mol. The normalized spacial score (nSPS) is 16.4. The first-order valence-corrected chi connectivity index (χ1v) is 8.30. The average Bonchev–Trinajstić information content (AvgIpc) is 3.17. The van der Waals surface area contributed by atoms with Gasteiger partial charge in [-0.05, 0) is 60.7 Å². The summed E-state index contributed by atoms with van der Waals surface area (Å²) >= 11 is 0. The lowest BCUT2D eigenvalue weighted by atomic mass is 9.87. The molecule has 0 unspecified atom stereocenters. The summed E-state index contributed by atoms with van der Waals surface area (Å²) in [5, 5.41) is 7.38. The summed E-state index contributed by atoms with van der Waals surface area (Å²) in [6.07, 6.45) is 6.82. The van der Waals surface area contributed by atoms with Crippen molar-refractivity contribution in [1.29, 1.82) is 0 Å². The molecule has 0 aliphatic heterocycles. The van der Waals surface area contributed by atoms with Gasteiger partial charge in [-0.15, -0.1) is 0 Å². The van der Waals surface area contributed by atoms with Gasteiger partial charge in [0.05, 0.1) is 11.7 Å². The SMILES string of the molecule is O=C(N[C@H]1CCCc2ccccc21)c1ccc(-n2cccn2)cc1. The molecule has 4 nitrogen and oxygen atoms in total. The van der Waals surface area contributed by atoms with Gasteiger partial charge in [0, 0.05) is 18.0 Å². The highest BCUT2D eigenvalue weighted by Gasteiger charge is 2.21. The lowest BCUT2D eigenvalue weighted by Crippen LogP contribution is -2.30. The van der Waals surface area contributed by atoms with Crippen molar-refractivity contribution in [1.82, 2.24) is 15.1 Å². The maximum atomic E-state index is 12.6. The molecule has 3 aromatic rings. The first-order valence-electron chi connectivity index (χ1n) is 8.30. The first-order chi connectivity index (χ1) is 11.8. The number of fused-ring (bicyclic) bond motifs is 1. The van der Waals surface area contributed by atoms with Crippen LogP contribution in [0, 0.1) is 0 Å². The van der Waals surface area contributed by atoms with Gasteiger partial charge in [-0.3, -0.25) is 4.79 Å². The second-order valence-corrected chi connectivity index (χ2v) is 6.11. The summed E-state index contributed by atoms with van der Waals surface area (Å²) in [5.41, 5.74) is 4.22. The van der Waals surface area contributed by atoms with Gasteiger partial charge in [0.2, 0.25) is 0 Å². The first kappa shape index (κ1) is 14.7. The zero-order valence-corrected chi connectivity index (χ0v) is 13.4. The van der Waals surface area contributed by atoms with Gasteiger partial charge < -0.3 is 5.32 Å². The molecule has 1 heterocycles. The van der Waals surface area contributed by atoms with Crippen LogP contribution in [-0.4, -0.2) is 15.7 Å². The molecule has 1 amide bonds. The van der Waals surface area contributed by atoms with E-state index in [9.17, 15) is 4.79 Å². The molecular weight excluding hydrogens is 298 g/mol. The van der Waals surface area contributed by atoms with Crippen LogP contribution in [0.3, 0.4) is 0 Å². The number of carbonyl (C=O) groups excluding carboxylic acids is 1. The van der Waals surface area contributed by atoms with Gasteiger partial charge in [0.15, 0.2) is 0 Å². The van der Waals surface area contributed by atoms with E-state index in [1.165, 1.54) is 11.1 Å². The number of amides is 1. The lowest BCUT2D eigenvalue weighted by Gasteiger charge is -2.26. The number of hydrogen-bond acceptors (Lipinski definition) is 2. The molecular formula is C20H19N3O.